The number of halogens is 4. The first-order valence-electron chi connectivity index (χ1n) is 12.6. The highest BCUT2D eigenvalue weighted by Crippen LogP contribution is 2.41. The molecular weight excluding hydrogens is 532 g/mol. The van der Waals surface area contributed by atoms with E-state index >= 15 is 0 Å². The Morgan fingerprint density at radius 2 is 1.72 bits per heavy atom. The molecule has 1 aromatic heterocycles. The Morgan fingerprint density at radius 1 is 1.00 bits per heavy atom. The summed E-state index contributed by atoms with van der Waals surface area (Å²) in [4.78, 5) is 13.1. The second-order valence-corrected chi connectivity index (χ2v) is 12.0. The largest absolute Gasteiger partial charge is 0.416 e. The van der Waals surface area contributed by atoms with Crippen LogP contribution in [-0.2, 0) is 29.0 Å². The smallest absolute Gasteiger partial charge is 0.348 e. The maximum Gasteiger partial charge on any atom is 0.416 e. The van der Waals surface area contributed by atoms with Gasteiger partial charge in [0.05, 0.1) is 16.2 Å². The van der Waals surface area contributed by atoms with Gasteiger partial charge in [0, 0.05) is 41.2 Å². The van der Waals surface area contributed by atoms with Crippen LogP contribution in [0.5, 0.6) is 0 Å². The summed E-state index contributed by atoms with van der Waals surface area (Å²) in [6, 6.07) is 16.2. The molecule has 1 aliphatic rings. The van der Waals surface area contributed by atoms with E-state index < -0.39 is 27.4 Å². The quantitative estimate of drug-likeness (QED) is 0.253. The van der Waals surface area contributed by atoms with Crippen LogP contribution < -0.4 is 5.32 Å². The molecule has 39 heavy (non-hydrogen) atoms. The topological polar surface area (TPSA) is 68.2 Å². The van der Waals surface area contributed by atoms with Crippen molar-refractivity contribution >= 4 is 26.6 Å². The van der Waals surface area contributed by atoms with E-state index in [2.05, 4.69) is 5.32 Å². The Hall–Kier alpha value is -3.66. The van der Waals surface area contributed by atoms with Crippen molar-refractivity contribution in [3.05, 3.63) is 100 Å². The molecule has 0 saturated heterocycles. The Morgan fingerprint density at radius 3 is 2.36 bits per heavy atom. The minimum Gasteiger partial charge on any atom is -0.348 e. The van der Waals surface area contributed by atoms with Crippen molar-refractivity contribution in [2.24, 2.45) is 0 Å². The number of carbonyl (C=O) groups excluding carboxylic acids is 1. The Labute approximate surface area is 223 Å². The predicted octanol–water partition coefficient (Wildman–Crippen LogP) is 6.45. The number of nitrogens with zero attached hydrogens (tertiary/aromatic N) is 1. The Balaban J connectivity index is 1.38. The van der Waals surface area contributed by atoms with Crippen LogP contribution in [0.2, 0.25) is 0 Å². The van der Waals surface area contributed by atoms with Crippen molar-refractivity contribution in [3.63, 3.8) is 0 Å². The third-order valence-corrected chi connectivity index (χ3v) is 8.71. The van der Waals surface area contributed by atoms with Crippen LogP contribution >= 0.6 is 0 Å². The van der Waals surface area contributed by atoms with Crippen LogP contribution in [0.1, 0.15) is 58.5 Å². The van der Waals surface area contributed by atoms with Crippen molar-refractivity contribution in [2.45, 2.75) is 49.8 Å². The molecule has 1 N–H and O–H groups in total. The number of sulfone groups is 1. The van der Waals surface area contributed by atoms with Gasteiger partial charge in [-0.1, -0.05) is 25.1 Å². The van der Waals surface area contributed by atoms with Crippen LogP contribution in [-0.4, -0.2) is 24.6 Å². The minimum atomic E-state index is -4.68. The fourth-order valence-corrected chi connectivity index (χ4v) is 5.65. The van der Waals surface area contributed by atoms with Crippen molar-refractivity contribution in [3.8, 4) is 0 Å². The number of benzene rings is 3. The normalized spacial score (nSPS) is 14.1. The average Bonchev–Trinajstić information content (AvgIpc) is 3.68. The zero-order valence-electron chi connectivity index (χ0n) is 21.1. The summed E-state index contributed by atoms with van der Waals surface area (Å²) in [5.74, 6) is -1.27. The van der Waals surface area contributed by atoms with Gasteiger partial charge in [-0.25, -0.2) is 12.8 Å². The van der Waals surface area contributed by atoms with Gasteiger partial charge in [-0.3, -0.25) is 4.79 Å². The van der Waals surface area contributed by atoms with E-state index in [-0.39, 0.29) is 41.1 Å². The summed E-state index contributed by atoms with van der Waals surface area (Å²) in [6.45, 7) is 1.77. The first-order valence-corrected chi connectivity index (χ1v) is 14.2. The van der Waals surface area contributed by atoms with Crippen LogP contribution in [0.4, 0.5) is 17.6 Å². The third kappa shape index (κ3) is 5.71. The number of amides is 1. The number of nitrogens with one attached hydrogen (secondary N) is 1. The van der Waals surface area contributed by atoms with Gasteiger partial charge in [-0.05, 0) is 72.5 Å². The molecule has 0 unspecified atom stereocenters. The van der Waals surface area contributed by atoms with Gasteiger partial charge < -0.3 is 9.88 Å². The molecule has 1 aliphatic carbocycles. The van der Waals surface area contributed by atoms with E-state index in [9.17, 15) is 30.8 Å². The van der Waals surface area contributed by atoms with Crippen molar-refractivity contribution in [1.29, 1.82) is 0 Å². The van der Waals surface area contributed by atoms with E-state index in [1.807, 2.05) is 4.57 Å². The van der Waals surface area contributed by atoms with Gasteiger partial charge in [0.1, 0.15) is 5.82 Å². The number of rotatable bonds is 8. The average molecular weight is 559 g/mol. The fraction of sp³-hybridized carbons (Fsp3) is 0.276. The number of fused-ring (bicyclic) bond motifs is 1. The van der Waals surface area contributed by atoms with Gasteiger partial charge in [0.2, 0.25) is 0 Å². The highest BCUT2D eigenvalue weighted by molar-refractivity contribution is 7.91. The molecule has 0 radical (unpaired) electrons. The summed E-state index contributed by atoms with van der Waals surface area (Å²) in [5, 5.41) is 3.55. The molecule has 204 valence electrons. The molecule has 5 rings (SSSR count). The fourth-order valence-electron chi connectivity index (χ4n) is 4.76. The highest BCUT2D eigenvalue weighted by atomic mass is 32.2. The van der Waals surface area contributed by atoms with E-state index in [1.165, 1.54) is 18.2 Å². The number of alkyl halides is 3. The van der Waals surface area contributed by atoms with Crippen LogP contribution in [0, 0.1) is 5.82 Å². The lowest BCUT2D eigenvalue weighted by molar-refractivity contribution is -0.138. The SMILES string of the molecule is CCS(=O)(=O)c1ccc(CNC(=O)c2ccc3c(c2)cc(Cc2ccc(F)cc2C(F)(F)F)n3C2CC2)cc1. The maximum atomic E-state index is 13.6. The van der Waals surface area contributed by atoms with Crippen molar-refractivity contribution < 1.29 is 30.8 Å². The van der Waals surface area contributed by atoms with Gasteiger partial charge in [0.15, 0.2) is 9.84 Å². The third-order valence-electron chi connectivity index (χ3n) is 6.96. The molecule has 0 aliphatic heterocycles. The first-order chi connectivity index (χ1) is 18.5. The van der Waals surface area contributed by atoms with Gasteiger partial charge in [0.25, 0.3) is 5.91 Å². The Kier molecular flexibility index (Phi) is 7.00. The molecule has 5 nitrogen and oxygen atoms in total. The lowest BCUT2D eigenvalue weighted by Crippen LogP contribution is -2.22. The molecule has 1 saturated carbocycles. The molecular formula is C29H26F4N2O3S. The van der Waals surface area contributed by atoms with Crippen molar-refractivity contribution in [2.75, 3.05) is 5.75 Å². The molecule has 10 heteroatoms. The summed E-state index contributed by atoms with van der Waals surface area (Å²) >= 11 is 0. The molecule has 3 aromatic carbocycles. The molecule has 0 spiro atoms. The Bertz CT molecular complexity index is 1650. The van der Waals surface area contributed by atoms with E-state index in [1.54, 1.807) is 43.3 Å². The zero-order valence-corrected chi connectivity index (χ0v) is 21.9. The van der Waals surface area contributed by atoms with Gasteiger partial charge >= 0.3 is 6.18 Å². The lowest BCUT2D eigenvalue weighted by atomic mass is 10.0. The monoisotopic (exact) mass is 558 g/mol. The molecule has 1 amide bonds. The molecule has 0 bridgehead atoms. The van der Waals surface area contributed by atoms with E-state index in [0.29, 0.717) is 17.3 Å². The number of hydrogen-bond donors (Lipinski definition) is 1. The maximum absolute atomic E-state index is 13.6. The highest BCUT2D eigenvalue weighted by Gasteiger charge is 2.35. The van der Waals surface area contributed by atoms with Crippen molar-refractivity contribution in [1.82, 2.24) is 9.88 Å². The minimum absolute atomic E-state index is 0.00311. The van der Waals surface area contributed by atoms with Crippen LogP contribution in [0.25, 0.3) is 10.9 Å². The van der Waals surface area contributed by atoms with Gasteiger partial charge in [-0.2, -0.15) is 13.2 Å². The van der Waals surface area contributed by atoms with E-state index in [4.69, 9.17) is 0 Å². The summed E-state index contributed by atoms with van der Waals surface area (Å²) in [7, 11) is -3.31. The molecule has 0 atom stereocenters. The first kappa shape index (κ1) is 26.9. The summed E-state index contributed by atoms with van der Waals surface area (Å²) in [5.41, 5.74) is 1.63. The van der Waals surface area contributed by atoms with Crippen LogP contribution in [0.15, 0.2) is 71.6 Å². The standard InChI is InChI=1S/C29H26F4N2O3S/c1-2-39(37,38)25-10-3-18(4-11-25)17-34-28(36)20-6-12-27-21(13-20)15-24(35(27)23-8-9-23)14-19-5-7-22(30)16-26(19)29(31,32)33/h3-7,10-13,15-16,23H,2,8-9,14,17H2,1H3,(H,34,36). The summed E-state index contributed by atoms with van der Waals surface area (Å²) in [6.07, 6.45) is -2.88. The van der Waals surface area contributed by atoms with E-state index in [0.717, 1.165) is 35.4 Å². The second kappa shape index (κ2) is 10.1. The summed E-state index contributed by atoms with van der Waals surface area (Å²) < 4.78 is 80.4. The van der Waals surface area contributed by atoms with Gasteiger partial charge in [-0.15, -0.1) is 0 Å². The number of carbonyl (C=O) groups is 1. The lowest BCUT2D eigenvalue weighted by Gasteiger charge is -2.15. The molecule has 1 heterocycles. The second-order valence-electron chi connectivity index (χ2n) is 9.72. The predicted molar refractivity (Wildman–Crippen MR) is 140 cm³/mol. The van der Waals surface area contributed by atoms with Crippen LogP contribution in [0.3, 0.4) is 0 Å². The molecule has 1 fully saturated rings. The number of hydrogen-bond acceptors (Lipinski definition) is 3. The number of aromatic nitrogens is 1. The molecule has 4 aromatic rings. The zero-order chi connectivity index (χ0) is 27.9.